The van der Waals surface area contributed by atoms with Crippen molar-refractivity contribution < 1.29 is 19.4 Å². The minimum Gasteiger partial charge on any atom is -0.478 e. The molecule has 2 aliphatic heterocycles. The SMILES string of the molecule is O=C(O)c1cc(-c2ccc([C@H]3CC34CCN(C(=O)[C@H]3CCCO3)CC4)cc2)c2ncccc2c1. The number of ether oxygens (including phenoxy) is 1. The second-order valence-corrected chi connectivity index (χ2v) is 9.97. The largest absolute Gasteiger partial charge is 0.478 e. The fourth-order valence-electron chi connectivity index (χ4n) is 5.95. The van der Waals surface area contributed by atoms with E-state index in [0.29, 0.717) is 17.9 Å². The Balaban J connectivity index is 1.18. The van der Waals surface area contributed by atoms with Gasteiger partial charge in [-0.05, 0) is 72.8 Å². The molecule has 6 heteroatoms. The maximum Gasteiger partial charge on any atom is 0.335 e. The normalized spacial score (nSPS) is 23.4. The van der Waals surface area contributed by atoms with E-state index in [-0.39, 0.29) is 17.6 Å². The molecule has 1 aromatic heterocycles. The fourth-order valence-corrected chi connectivity index (χ4v) is 5.95. The van der Waals surface area contributed by atoms with E-state index in [4.69, 9.17) is 4.74 Å². The summed E-state index contributed by atoms with van der Waals surface area (Å²) < 4.78 is 5.59. The van der Waals surface area contributed by atoms with Gasteiger partial charge < -0.3 is 14.7 Å². The molecule has 3 heterocycles. The van der Waals surface area contributed by atoms with Crippen molar-refractivity contribution in [3.63, 3.8) is 0 Å². The van der Waals surface area contributed by atoms with Crippen molar-refractivity contribution in [2.45, 2.75) is 44.1 Å². The zero-order valence-electron chi connectivity index (χ0n) is 19.1. The monoisotopic (exact) mass is 456 g/mol. The van der Waals surface area contributed by atoms with Gasteiger partial charge in [-0.25, -0.2) is 4.79 Å². The number of piperidine rings is 1. The first-order valence-corrected chi connectivity index (χ1v) is 12.2. The zero-order chi connectivity index (χ0) is 23.3. The van der Waals surface area contributed by atoms with Gasteiger partial charge in [0.2, 0.25) is 0 Å². The van der Waals surface area contributed by atoms with Crippen molar-refractivity contribution in [3.8, 4) is 11.1 Å². The lowest BCUT2D eigenvalue weighted by Crippen LogP contribution is -2.44. The fraction of sp³-hybridized carbons (Fsp3) is 0.393. The number of likely N-dealkylation sites (tertiary alicyclic amines) is 1. The van der Waals surface area contributed by atoms with Crippen LogP contribution in [0, 0.1) is 5.41 Å². The molecule has 1 spiro atoms. The van der Waals surface area contributed by atoms with Crippen molar-refractivity contribution in [3.05, 3.63) is 65.9 Å². The lowest BCUT2D eigenvalue weighted by atomic mass is 9.88. The number of carboxylic acid groups (broad SMARTS) is 1. The van der Waals surface area contributed by atoms with Crippen molar-refractivity contribution in [1.82, 2.24) is 9.88 Å². The number of hydrogen-bond donors (Lipinski definition) is 1. The molecule has 1 amide bonds. The van der Waals surface area contributed by atoms with Gasteiger partial charge in [0.25, 0.3) is 5.91 Å². The minimum atomic E-state index is -0.937. The predicted molar refractivity (Wildman–Crippen MR) is 129 cm³/mol. The first-order valence-electron chi connectivity index (χ1n) is 12.2. The van der Waals surface area contributed by atoms with Crippen LogP contribution >= 0.6 is 0 Å². The van der Waals surface area contributed by atoms with Gasteiger partial charge in [0.05, 0.1) is 11.1 Å². The summed E-state index contributed by atoms with van der Waals surface area (Å²) in [6.45, 7) is 2.36. The molecule has 174 valence electrons. The highest BCUT2D eigenvalue weighted by atomic mass is 16.5. The van der Waals surface area contributed by atoms with Crippen LogP contribution in [0.2, 0.25) is 0 Å². The number of amides is 1. The Morgan fingerprint density at radius 3 is 2.59 bits per heavy atom. The summed E-state index contributed by atoms with van der Waals surface area (Å²) in [7, 11) is 0. The average Bonchev–Trinajstić information content (AvgIpc) is 3.28. The van der Waals surface area contributed by atoms with Gasteiger partial charge in [-0.3, -0.25) is 9.78 Å². The predicted octanol–water partition coefficient (Wildman–Crippen LogP) is 4.88. The van der Waals surface area contributed by atoms with E-state index in [0.717, 1.165) is 60.8 Å². The molecular formula is C28H28N2O4. The lowest BCUT2D eigenvalue weighted by molar-refractivity contribution is -0.142. The quantitative estimate of drug-likeness (QED) is 0.606. The molecule has 0 unspecified atom stereocenters. The Labute approximate surface area is 198 Å². The van der Waals surface area contributed by atoms with E-state index in [2.05, 4.69) is 29.2 Å². The lowest BCUT2D eigenvalue weighted by Gasteiger charge is -2.34. The summed E-state index contributed by atoms with van der Waals surface area (Å²) in [6.07, 6.45) is 6.63. The van der Waals surface area contributed by atoms with Crippen molar-refractivity contribution in [2.75, 3.05) is 19.7 Å². The molecule has 2 aromatic carbocycles. The van der Waals surface area contributed by atoms with Crippen LogP contribution in [-0.2, 0) is 9.53 Å². The second-order valence-electron chi connectivity index (χ2n) is 9.97. The van der Waals surface area contributed by atoms with Crippen molar-refractivity contribution >= 4 is 22.8 Å². The van der Waals surface area contributed by atoms with Crippen LogP contribution in [0.5, 0.6) is 0 Å². The van der Waals surface area contributed by atoms with Crippen LogP contribution in [0.25, 0.3) is 22.0 Å². The molecule has 0 radical (unpaired) electrons. The molecule has 3 aromatic rings. The van der Waals surface area contributed by atoms with Crippen LogP contribution < -0.4 is 0 Å². The molecular weight excluding hydrogens is 428 g/mol. The van der Waals surface area contributed by atoms with Crippen LogP contribution in [0.1, 0.15) is 53.9 Å². The molecule has 3 aliphatic rings. The van der Waals surface area contributed by atoms with Crippen LogP contribution in [-0.4, -0.2) is 52.7 Å². The van der Waals surface area contributed by atoms with Crippen LogP contribution in [0.15, 0.2) is 54.7 Å². The van der Waals surface area contributed by atoms with Crippen molar-refractivity contribution in [1.29, 1.82) is 0 Å². The van der Waals surface area contributed by atoms with E-state index in [9.17, 15) is 14.7 Å². The molecule has 0 bridgehead atoms. The Kier molecular flexibility index (Phi) is 5.14. The molecule has 2 saturated heterocycles. The van der Waals surface area contributed by atoms with Gasteiger partial charge >= 0.3 is 5.97 Å². The molecule has 6 rings (SSSR count). The van der Waals surface area contributed by atoms with Crippen LogP contribution in [0.3, 0.4) is 0 Å². The number of carboxylic acids is 1. The van der Waals surface area contributed by atoms with E-state index < -0.39 is 5.97 Å². The first kappa shape index (κ1) is 21.3. The summed E-state index contributed by atoms with van der Waals surface area (Å²) in [5.74, 6) is -0.229. The molecule has 6 nitrogen and oxygen atoms in total. The van der Waals surface area contributed by atoms with E-state index >= 15 is 0 Å². The van der Waals surface area contributed by atoms with E-state index in [1.807, 2.05) is 17.0 Å². The molecule has 2 atom stereocenters. The Morgan fingerprint density at radius 1 is 1.09 bits per heavy atom. The second kappa shape index (κ2) is 8.20. The number of carbonyl (C=O) groups excluding carboxylic acids is 1. The third-order valence-electron chi connectivity index (χ3n) is 8.04. The molecule has 3 fully saturated rings. The minimum absolute atomic E-state index is 0.179. The Bertz CT molecular complexity index is 1260. The average molecular weight is 457 g/mol. The Hall–Kier alpha value is -3.25. The first-order chi connectivity index (χ1) is 16.5. The number of benzene rings is 2. The number of aromatic carboxylic acids is 1. The highest BCUT2D eigenvalue weighted by Crippen LogP contribution is 2.65. The third kappa shape index (κ3) is 3.66. The van der Waals surface area contributed by atoms with E-state index in [1.165, 1.54) is 12.0 Å². The van der Waals surface area contributed by atoms with Gasteiger partial charge in [0.15, 0.2) is 0 Å². The van der Waals surface area contributed by atoms with Gasteiger partial charge in [0, 0.05) is 36.8 Å². The zero-order valence-corrected chi connectivity index (χ0v) is 19.1. The van der Waals surface area contributed by atoms with Gasteiger partial charge in [0.1, 0.15) is 6.10 Å². The standard InChI is InChI=1S/C28H28N2O4/c31-26(24-4-2-14-34-24)30-12-9-28(10-13-30)17-23(28)19-7-5-18(6-8-19)22-16-21(27(32)33)15-20-3-1-11-29-25(20)22/h1,3,5-8,11,15-16,23-24H,2,4,9-10,12-14,17H2,(H,32,33)/t23-,24-/m1/s1. The highest BCUT2D eigenvalue weighted by molar-refractivity contribution is 6.00. The number of carbonyl (C=O) groups is 2. The molecule has 1 N–H and O–H groups in total. The van der Waals surface area contributed by atoms with Crippen LogP contribution in [0.4, 0.5) is 0 Å². The van der Waals surface area contributed by atoms with Gasteiger partial charge in [-0.2, -0.15) is 0 Å². The van der Waals surface area contributed by atoms with Gasteiger partial charge in [-0.15, -0.1) is 0 Å². The summed E-state index contributed by atoms with van der Waals surface area (Å²) in [6, 6.07) is 15.7. The number of aromatic nitrogens is 1. The summed E-state index contributed by atoms with van der Waals surface area (Å²) >= 11 is 0. The number of hydrogen-bond acceptors (Lipinski definition) is 4. The molecule has 34 heavy (non-hydrogen) atoms. The number of pyridine rings is 1. The summed E-state index contributed by atoms with van der Waals surface area (Å²) in [5.41, 5.74) is 4.54. The van der Waals surface area contributed by atoms with E-state index in [1.54, 1.807) is 18.3 Å². The Morgan fingerprint density at radius 2 is 1.88 bits per heavy atom. The summed E-state index contributed by atoms with van der Waals surface area (Å²) in [5, 5.41) is 10.4. The van der Waals surface area contributed by atoms with Gasteiger partial charge in [-0.1, -0.05) is 30.3 Å². The summed E-state index contributed by atoms with van der Waals surface area (Å²) in [4.78, 5) is 30.8. The maximum atomic E-state index is 12.7. The highest BCUT2D eigenvalue weighted by Gasteiger charge is 2.55. The molecule has 1 aliphatic carbocycles. The maximum absolute atomic E-state index is 12.7. The van der Waals surface area contributed by atoms with Crippen molar-refractivity contribution in [2.24, 2.45) is 5.41 Å². The third-order valence-corrected chi connectivity index (χ3v) is 8.04. The number of rotatable bonds is 4. The smallest absolute Gasteiger partial charge is 0.335 e. The molecule has 1 saturated carbocycles. The number of fused-ring (bicyclic) bond motifs is 1. The topological polar surface area (TPSA) is 79.7 Å². The number of nitrogens with zero attached hydrogens (tertiary/aromatic N) is 2.